The van der Waals surface area contributed by atoms with Gasteiger partial charge in [0.15, 0.2) is 0 Å². The standard InChI is InChI=1S/C23H27N9O/c1-30-14-18-10-17(30)15-32(18)21-3-2-16(11-26-21)28-23-24-5-4-19(29-23)20-12-27-22(13-25-20)31-6-8-33-9-7-31/h2-5,11-13,17-18H,6-10,14-15H2,1H3,(H,24,28,29). The van der Waals surface area contributed by atoms with E-state index in [0.29, 0.717) is 23.7 Å². The molecule has 0 amide bonds. The number of nitrogens with zero attached hydrogens (tertiary/aromatic N) is 8. The second kappa shape index (κ2) is 8.53. The number of morpholine rings is 1. The van der Waals surface area contributed by atoms with Crippen LogP contribution in [0.1, 0.15) is 6.42 Å². The van der Waals surface area contributed by atoms with E-state index >= 15 is 0 Å². The zero-order valence-corrected chi connectivity index (χ0v) is 18.6. The fraction of sp³-hybridized carbons (Fsp3) is 0.435. The molecule has 10 nitrogen and oxygen atoms in total. The highest BCUT2D eigenvalue weighted by Gasteiger charge is 2.41. The molecule has 170 valence electrons. The first-order valence-electron chi connectivity index (χ1n) is 11.4. The molecular formula is C23H27N9O. The van der Waals surface area contributed by atoms with E-state index < -0.39 is 0 Å². The first-order valence-corrected chi connectivity index (χ1v) is 11.4. The summed E-state index contributed by atoms with van der Waals surface area (Å²) in [6.45, 7) is 5.27. The summed E-state index contributed by atoms with van der Waals surface area (Å²) in [7, 11) is 2.21. The number of likely N-dealkylation sites (N-methyl/N-ethyl adjacent to an activating group) is 1. The average Bonchev–Trinajstić information content (AvgIpc) is 3.45. The number of pyridine rings is 1. The summed E-state index contributed by atoms with van der Waals surface area (Å²) in [5, 5.41) is 3.25. The third-order valence-electron chi connectivity index (χ3n) is 6.70. The molecule has 0 aliphatic carbocycles. The zero-order chi connectivity index (χ0) is 22.2. The normalized spacial score (nSPS) is 22.7. The van der Waals surface area contributed by atoms with Crippen molar-refractivity contribution in [3.05, 3.63) is 43.0 Å². The van der Waals surface area contributed by atoms with Crippen LogP contribution in [-0.4, -0.2) is 88.3 Å². The largest absolute Gasteiger partial charge is 0.378 e. The van der Waals surface area contributed by atoms with Crippen LogP contribution in [0.5, 0.6) is 0 Å². The van der Waals surface area contributed by atoms with Crippen LogP contribution in [0.2, 0.25) is 0 Å². The van der Waals surface area contributed by atoms with E-state index in [1.807, 2.05) is 18.3 Å². The van der Waals surface area contributed by atoms with Gasteiger partial charge in [0.1, 0.15) is 17.3 Å². The summed E-state index contributed by atoms with van der Waals surface area (Å²) < 4.78 is 5.40. The van der Waals surface area contributed by atoms with E-state index in [4.69, 9.17) is 4.74 Å². The quantitative estimate of drug-likeness (QED) is 0.626. The Kier molecular flexibility index (Phi) is 5.23. The number of aromatic nitrogens is 5. The van der Waals surface area contributed by atoms with Gasteiger partial charge in [-0.15, -0.1) is 0 Å². The molecule has 2 unspecified atom stereocenters. The van der Waals surface area contributed by atoms with Crippen molar-refractivity contribution in [3.8, 4) is 11.4 Å². The van der Waals surface area contributed by atoms with E-state index in [9.17, 15) is 0 Å². The van der Waals surface area contributed by atoms with Gasteiger partial charge >= 0.3 is 0 Å². The highest BCUT2D eigenvalue weighted by Crippen LogP contribution is 2.33. The second-order valence-corrected chi connectivity index (χ2v) is 8.79. The van der Waals surface area contributed by atoms with Crippen LogP contribution in [0.15, 0.2) is 43.0 Å². The molecule has 6 heterocycles. The van der Waals surface area contributed by atoms with Crippen molar-refractivity contribution < 1.29 is 4.74 Å². The Morgan fingerprint density at radius 1 is 0.879 bits per heavy atom. The number of hydrogen-bond acceptors (Lipinski definition) is 10. The van der Waals surface area contributed by atoms with Crippen LogP contribution in [-0.2, 0) is 4.74 Å². The predicted molar refractivity (Wildman–Crippen MR) is 126 cm³/mol. The molecule has 0 aromatic carbocycles. The lowest BCUT2D eigenvalue weighted by Gasteiger charge is -2.32. The molecule has 3 saturated heterocycles. The van der Waals surface area contributed by atoms with Gasteiger partial charge in [-0.2, -0.15) is 0 Å². The van der Waals surface area contributed by atoms with Gasteiger partial charge in [0.25, 0.3) is 0 Å². The minimum atomic E-state index is 0.503. The SMILES string of the molecule is CN1CC2CC1CN2c1ccc(Nc2nccc(-c3cnc(N4CCOCC4)cn3)n2)cn1. The van der Waals surface area contributed by atoms with Gasteiger partial charge in [0, 0.05) is 44.5 Å². The van der Waals surface area contributed by atoms with Gasteiger partial charge in [-0.05, 0) is 31.7 Å². The lowest BCUT2D eigenvalue weighted by molar-refractivity contribution is 0.122. The first-order chi connectivity index (χ1) is 16.2. The number of nitrogens with one attached hydrogen (secondary N) is 1. The first kappa shape index (κ1) is 20.3. The molecule has 2 bridgehead atoms. The number of ether oxygens (including phenoxy) is 1. The summed E-state index contributed by atoms with van der Waals surface area (Å²) in [5.74, 6) is 2.40. The van der Waals surface area contributed by atoms with Crippen molar-refractivity contribution in [2.45, 2.75) is 18.5 Å². The molecular weight excluding hydrogens is 418 g/mol. The molecule has 0 radical (unpaired) electrons. The molecule has 0 spiro atoms. The Labute approximate surface area is 192 Å². The van der Waals surface area contributed by atoms with E-state index in [1.165, 1.54) is 6.42 Å². The monoisotopic (exact) mass is 445 g/mol. The maximum absolute atomic E-state index is 5.40. The molecule has 3 fully saturated rings. The molecule has 33 heavy (non-hydrogen) atoms. The zero-order valence-electron chi connectivity index (χ0n) is 18.6. The summed E-state index contributed by atoms with van der Waals surface area (Å²) in [4.78, 5) is 29.8. The number of likely N-dealkylation sites (tertiary alicyclic amines) is 1. The van der Waals surface area contributed by atoms with E-state index in [-0.39, 0.29) is 0 Å². The maximum Gasteiger partial charge on any atom is 0.227 e. The summed E-state index contributed by atoms with van der Waals surface area (Å²) in [6, 6.07) is 7.16. The van der Waals surface area contributed by atoms with Crippen LogP contribution >= 0.6 is 0 Å². The van der Waals surface area contributed by atoms with Gasteiger partial charge in [0.2, 0.25) is 5.95 Å². The van der Waals surface area contributed by atoms with E-state index in [0.717, 1.165) is 62.4 Å². The topological polar surface area (TPSA) is 95.4 Å². The maximum atomic E-state index is 5.40. The Morgan fingerprint density at radius 2 is 1.76 bits per heavy atom. The van der Waals surface area contributed by atoms with Gasteiger partial charge in [0.05, 0.1) is 43.2 Å². The van der Waals surface area contributed by atoms with Crippen molar-refractivity contribution in [1.29, 1.82) is 0 Å². The average molecular weight is 446 g/mol. The van der Waals surface area contributed by atoms with Crippen molar-refractivity contribution >= 4 is 23.3 Å². The van der Waals surface area contributed by atoms with Crippen molar-refractivity contribution in [2.24, 2.45) is 0 Å². The minimum Gasteiger partial charge on any atom is -0.378 e. The van der Waals surface area contributed by atoms with E-state index in [2.05, 4.69) is 58.1 Å². The summed E-state index contributed by atoms with van der Waals surface area (Å²) in [5.41, 5.74) is 2.28. The minimum absolute atomic E-state index is 0.503. The highest BCUT2D eigenvalue weighted by molar-refractivity contribution is 5.60. The third-order valence-corrected chi connectivity index (χ3v) is 6.70. The van der Waals surface area contributed by atoms with Crippen molar-refractivity contribution in [1.82, 2.24) is 29.8 Å². The Bertz CT molecular complexity index is 1100. The Balaban J connectivity index is 1.13. The van der Waals surface area contributed by atoms with E-state index in [1.54, 1.807) is 18.6 Å². The Hall–Kier alpha value is -3.37. The number of fused-ring (bicyclic) bond motifs is 2. The van der Waals surface area contributed by atoms with Crippen LogP contribution in [0.4, 0.5) is 23.3 Å². The summed E-state index contributed by atoms with van der Waals surface area (Å²) >= 11 is 0. The van der Waals surface area contributed by atoms with Crippen LogP contribution in [0.25, 0.3) is 11.4 Å². The number of hydrogen-bond donors (Lipinski definition) is 1. The van der Waals surface area contributed by atoms with Crippen molar-refractivity contribution in [2.75, 3.05) is 61.6 Å². The molecule has 2 atom stereocenters. The van der Waals surface area contributed by atoms with Gasteiger partial charge in [-0.1, -0.05) is 0 Å². The molecule has 6 rings (SSSR count). The Morgan fingerprint density at radius 3 is 2.45 bits per heavy atom. The molecule has 10 heteroatoms. The summed E-state index contributed by atoms with van der Waals surface area (Å²) in [6.07, 6.45) is 8.35. The second-order valence-electron chi connectivity index (χ2n) is 8.79. The molecule has 0 saturated carbocycles. The number of anilines is 4. The smallest absolute Gasteiger partial charge is 0.227 e. The number of piperazine rings is 1. The van der Waals surface area contributed by atoms with Crippen molar-refractivity contribution in [3.63, 3.8) is 0 Å². The van der Waals surface area contributed by atoms with Crippen LogP contribution in [0, 0.1) is 0 Å². The van der Waals surface area contributed by atoms with Gasteiger partial charge in [-0.3, -0.25) is 4.90 Å². The lowest BCUT2D eigenvalue weighted by Crippen LogP contribution is -2.44. The van der Waals surface area contributed by atoms with Crippen LogP contribution in [0.3, 0.4) is 0 Å². The van der Waals surface area contributed by atoms with Crippen LogP contribution < -0.4 is 15.1 Å². The third kappa shape index (κ3) is 4.07. The molecule has 3 aromatic rings. The predicted octanol–water partition coefficient (Wildman–Crippen LogP) is 1.80. The van der Waals surface area contributed by atoms with Gasteiger partial charge < -0.3 is 19.9 Å². The molecule has 1 N–H and O–H groups in total. The molecule has 3 aliphatic heterocycles. The van der Waals surface area contributed by atoms with Gasteiger partial charge in [-0.25, -0.2) is 24.9 Å². The molecule has 3 aromatic heterocycles. The fourth-order valence-corrected chi connectivity index (χ4v) is 4.88. The lowest BCUT2D eigenvalue weighted by atomic mass is 10.2. The number of rotatable bonds is 5. The molecule has 3 aliphatic rings. The highest BCUT2D eigenvalue weighted by atomic mass is 16.5. The fourth-order valence-electron chi connectivity index (χ4n) is 4.88.